The van der Waals surface area contributed by atoms with Crippen LogP contribution in [-0.2, 0) is 0 Å². The van der Waals surface area contributed by atoms with Crippen molar-refractivity contribution in [2.24, 2.45) is 5.41 Å². The Labute approximate surface area is 246 Å². The number of nitrogens with one attached hydrogen (secondary N) is 1. The molecule has 41 heavy (non-hydrogen) atoms. The third kappa shape index (κ3) is 5.29. The van der Waals surface area contributed by atoms with E-state index in [0.717, 1.165) is 69.1 Å². The Hall–Kier alpha value is -3.20. The summed E-state index contributed by atoms with van der Waals surface area (Å²) in [6, 6.07) is 9.99. The first-order valence-electron chi connectivity index (χ1n) is 14.4. The number of anilines is 2. The lowest BCUT2D eigenvalue weighted by Crippen LogP contribution is -2.58. The van der Waals surface area contributed by atoms with Crippen LogP contribution >= 0.6 is 11.6 Å². The molecule has 1 spiro atoms. The number of aliphatic hydroxyl groups is 1. The Kier molecular flexibility index (Phi) is 7.42. The molecule has 2 N–H and O–H groups in total. The maximum atomic E-state index is 16.5. The molecule has 3 aliphatic rings. The number of rotatable bonds is 6. The van der Waals surface area contributed by atoms with Gasteiger partial charge in [-0.05, 0) is 81.1 Å². The Morgan fingerprint density at radius 1 is 1.15 bits per heavy atom. The van der Waals surface area contributed by atoms with E-state index in [9.17, 15) is 5.11 Å². The number of hydrogen-bond acceptors (Lipinski definition) is 7. The molecule has 0 saturated carbocycles. The van der Waals surface area contributed by atoms with Gasteiger partial charge in [-0.15, -0.1) is 0 Å². The van der Waals surface area contributed by atoms with Crippen LogP contribution in [-0.4, -0.2) is 79.4 Å². The van der Waals surface area contributed by atoms with Crippen molar-refractivity contribution in [3.05, 3.63) is 69.7 Å². The van der Waals surface area contributed by atoms with E-state index in [1.54, 1.807) is 25.1 Å². The van der Waals surface area contributed by atoms with Gasteiger partial charge in [0, 0.05) is 56.3 Å². The normalized spacial score (nSPS) is 19.7. The van der Waals surface area contributed by atoms with Crippen molar-refractivity contribution in [2.75, 3.05) is 63.2 Å². The van der Waals surface area contributed by atoms with Crippen LogP contribution in [0.1, 0.15) is 36.5 Å². The Balaban J connectivity index is 1.40. The molecule has 0 atom stereocenters. The van der Waals surface area contributed by atoms with Gasteiger partial charge < -0.3 is 25.1 Å². The number of aliphatic hydroxyl groups excluding tert-OH is 1. The Morgan fingerprint density at radius 2 is 1.85 bits per heavy atom. The van der Waals surface area contributed by atoms with E-state index in [1.807, 2.05) is 31.2 Å². The molecule has 9 heteroatoms. The fourth-order valence-electron chi connectivity index (χ4n) is 6.13. The summed E-state index contributed by atoms with van der Waals surface area (Å²) >= 11 is 6.77. The zero-order chi connectivity index (χ0) is 28.9. The van der Waals surface area contributed by atoms with E-state index in [2.05, 4.69) is 34.1 Å². The quantitative estimate of drug-likeness (QED) is 0.289. The summed E-state index contributed by atoms with van der Waals surface area (Å²) in [5, 5.41) is 15.1. The van der Waals surface area contributed by atoms with Crippen molar-refractivity contribution in [1.29, 1.82) is 0 Å². The van der Waals surface area contributed by atoms with Crippen molar-refractivity contribution in [3.63, 3.8) is 0 Å². The summed E-state index contributed by atoms with van der Waals surface area (Å²) in [6.07, 6.45) is 5.39. The Bertz CT molecular complexity index is 1530. The second kappa shape index (κ2) is 10.9. The molecule has 0 bridgehead atoms. The van der Waals surface area contributed by atoms with Gasteiger partial charge in [0.15, 0.2) is 5.82 Å². The van der Waals surface area contributed by atoms with E-state index >= 15 is 4.39 Å². The monoisotopic (exact) mass is 576 g/mol. The van der Waals surface area contributed by atoms with Gasteiger partial charge in [-0.25, -0.2) is 9.37 Å². The van der Waals surface area contributed by atoms with E-state index in [1.165, 1.54) is 0 Å². The SMILES string of the molecule is C/C(=C\C(O)=C/c1ccccc1C)c1c(Cl)cc2c(N3CCC4(CC3)CNC4)nc(N3CC(N(C)C)C3)nc2c1F. The molecule has 3 aliphatic heterocycles. The second-order valence-corrected chi connectivity index (χ2v) is 12.6. The van der Waals surface area contributed by atoms with Crippen molar-refractivity contribution >= 4 is 45.9 Å². The van der Waals surface area contributed by atoms with Gasteiger partial charge in [0.25, 0.3) is 0 Å². The number of aromatic nitrogens is 2. The maximum Gasteiger partial charge on any atom is 0.228 e. The summed E-state index contributed by atoms with van der Waals surface area (Å²) in [4.78, 5) is 16.4. The zero-order valence-corrected chi connectivity index (χ0v) is 25.0. The van der Waals surface area contributed by atoms with E-state index in [0.29, 0.717) is 28.4 Å². The van der Waals surface area contributed by atoms with Crippen molar-refractivity contribution in [3.8, 4) is 0 Å². The average molecular weight is 577 g/mol. The van der Waals surface area contributed by atoms with Crippen LogP contribution in [0.4, 0.5) is 16.2 Å². The molecular formula is C32H38ClFN6O. The van der Waals surface area contributed by atoms with Gasteiger partial charge in [0.05, 0.1) is 5.02 Å². The van der Waals surface area contributed by atoms with Gasteiger partial charge in [0.1, 0.15) is 17.1 Å². The van der Waals surface area contributed by atoms with Gasteiger partial charge in [-0.3, -0.25) is 0 Å². The molecule has 6 rings (SSSR count). The lowest BCUT2D eigenvalue weighted by atomic mass is 9.73. The van der Waals surface area contributed by atoms with Gasteiger partial charge in [-0.1, -0.05) is 35.9 Å². The highest BCUT2D eigenvalue weighted by Crippen LogP contribution is 2.41. The number of allylic oxidation sites excluding steroid dienone is 2. The van der Waals surface area contributed by atoms with Crippen LogP contribution in [0.3, 0.4) is 0 Å². The molecule has 3 fully saturated rings. The number of halogens is 2. The molecule has 3 aromatic rings. The highest BCUT2D eigenvalue weighted by atomic mass is 35.5. The van der Waals surface area contributed by atoms with E-state index in [-0.39, 0.29) is 21.9 Å². The molecule has 0 radical (unpaired) electrons. The fraction of sp³-hybridized carbons (Fsp3) is 0.438. The number of piperidine rings is 1. The maximum absolute atomic E-state index is 16.5. The lowest BCUT2D eigenvalue weighted by molar-refractivity contribution is 0.126. The van der Waals surface area contributed by atoms with Crippen LogP contribution in [0.25, 0.3) is 22.6 Å². The first-order valence-corrected chi connectivity index (χ1v) is 14.7. The zero-order valence-electron chi connectivity index (χ0n) is 24.2. The van der Waals surface area contributed by atoms with Crippen LogP contribution in [0.15, 0.2) is 42.2 Å². The number of nitrogens with zero attached hydrogens (tertiary/aromatic N) is 5. The first kappa shape index (κ1) is 27.9. The summed E-state index contributed by atoms with van der Waals surface area (Å²) in [5.41, 5.74) is 3.34. The molecule has 1 aromatic heterocycles. The number of hydrogen-bond donors (Lipinski definition) is 2. The number of aryl methyl sites for hydroxylation is 1. The predicted octanol–water partition coefficient (Wildman–Crippen LogP) is 5.67. The molecule has 3 saturated heterocycles. The lowest BCUT2D eigenvalue weighted by Gasteiger charge is -2.49. The van der Waals surface area contributed by atoms with Crippen molar-refractivity contribution in [1.82, 2.24) is 20.2 Å². The summed E-state index contributed by atoms with van der Waals surface area (Å²) in [6.45, 7) is 9.20. The molecule has 2 aromatic carbocycles. The smallest absolute Gasteiger partial charge is 0.228 e. The minimum atomic E-state index is -0.490. The minimum Gasteiger partial charge on any atom is -0.508 e. The molecular weight excluding hydrogens is 539 g/mol. The fourth-order valence-corrected chi connectivity index (χ4v) is 6.47. The summed E-state index contributed by atoms with van der Waals surface area (Å²) in [7, 11) is 4.14. The average Bonchev–Trinajstić information content (AvgIpc) is 2.88. The highest BCUT2D eigenvalue weighted by molar-refractivity contribution is 6.33. The number of benzene rings is 2. The molecule has 0 aliphatic carbocycles. The molecule has 216 valence electrons. The topological polar surface area (TPSA) is 67.8 Å². The van der Waals surface area contributed by atoms with Crippen molar-refractivity contribution in [2.45, 2.75) is 32.7 Å². The number of fused-ring (bicyclic) bond motifs is 1. The summed E-state index contributed by atoms with van der Waals surface area (Å²) in [5.74, 6) is 0.833. The molecule has 7 nitrogen and oxygen atoms in total. The van der Waals surface area contributed by atoms with E-state index < -0.39 is 5.82 Å². The molecule has 0 amide bonds. The summed E-state index contributed by atoms with van der Waals surface area (Å²) < 4.78 is 16.5. The van der Waals surface area contributed by atoms with Crippen LogP contribution < -0.4 is 15.1 Å². The minimum absolute atomic E-state index is 0.0273. The first-order chi connectivity index (χ1) is 19.6. The van der Waals surface area contributed by atoms with Gasteiger partial charge in [0.2, 0.25) is 5.95 Å². The molecule has 4 heterocycles. The van der Waals surface area contributed by atoms with Gasteiger partial charge in [-0.2, -0.15) is 4.98 Å². The second-order valence-electron chi connectivity index (χ2n) is 12.2. The predicted molar refractivity (Wildman–Crippen MR) is 166 cm³/mol. The van der Waals surface area contributed by atoms with Crippen molar-refractivity contribution < 1.29 is 9.50 Å². The van der Waals surface area contributed by atoms with Crippen LogP contribution in [0.2, 0.25) is 5.02 Å². The molecule has 0 unspecified atom stereocenters. The third-order valence-corrected chi connectivity index (χ3v) is 9.40. The number of likely N-dealkylation sites (N-methyl/N-ethyl adjacent to an activating group) is 1. The highest BCUT2D eigenvalue weighted by Gasteiger charge is 2.40. The Morgan fingerprint density at radius 3 is 2.49 bits per heavy atom. The van der Waals surface area contributed by atoms with Gasteiger partial charge >= 0.3 is 0 Å². The largest absolute Gasteiger partial charge is 0.508 e. The third-order valence-electron chi connectivity index (χ3n) is 9.10. The van der Waals surface area contributed by atoms with Crippen LogP contribution in [0.5, 0.6) is 0 Å². The van der Waals surface area contributed by atoms with E-state index in [4.69, 9.17) is 21.6 Å². The van der Waals surface area contributed by atoms with Crippen LogP contribution in [0, 0.1) is 18.2 Å². The standard InChI is InChI=1S/C32H38ClFN6O/c1-20-7-5-6-8-22(20)14-24(41)13-21(2)27-26(33)15-25-29(28(27)34)36-31(40-16-23(17-40)38(3)4)37-30(25)39-11-9-32(10-12-39)18-35-19-32/h5-8,13-15,23,35,41H,9-12,16-19H2,1-4H3/b21-13+,24-14+.